The molecule has 9 heteroatoms. The van der Waals surface area contributed by atoms with Crippen molar-refractivity contribution in [3.05, 3.63) is 33.9 Å². The zero-order chi connectivity index (χ0) is 18.5. The number of rotatable bonds is 6. The van der Waals surface area contributed by atoms with E-state index < -0.39 is 28.8 Å². The van der Waals surface area contributed by atoms with Gasteiger partial charge >= 0.3 is 6.09 Å². The number of carbonyl (C=O) groups is 1. The van der Waals surface area contributed by atoms with E-state index in [0.717, 1.165) is 18.2 Å². The molecule has 0 radical (unpaired) electrons. The fourth-order valence-corrected chi connectivity index (χ4v) is 1.89. The first-order valence-corrected chi connectivity index (χ1v) is 7.31. The Bertz CT molecular complexity index is 598. The smallest absolute Gasteiger partial charge is 0.407 e. The van der Waals surface area contributed by atoms with Gasteiger partial charge in [-0.25, -0.2) is 4.79 Å². The molecule has 1 aromatic rings. The number of ether oxygens (including phenoxy) is 1. The molecule has 4 N–H and O–H groups in total. The summed E-state index contributed by atoms with van der Waals surface area (Å²) in [6.07, 6.45) is -3.58. The number of aliphatic hydroxyl groups is 2. The van der Waals surface area contributed by atoms with Crippen LogP contribution in [0.15, 0.2) is 18.2 Å². The van der Waals surface area contributed by atoms with E-state index in [2.05, 4.69) is 5.32 Å². The van der Waals surface area contributed by atoms with Gasteiger partial charge in [0.15, 0.2) is 0 Å². The summed E-state index contributed by atoms with van der Waals surface area (Å²) < 4.78 is 5.02. The number of phenolic OH excluding ortho intramolecular Hbond substituents is 1. The van der Waals surface area contributed by atoms with Crippen molar-refractivity contribution in [1.82, 2.24) is 5.32 Å². The maximum atomic E-state index is 11.5. The number of hydrogen-bond acceptors (Lipinski definition) is 7. The zero-order valence-corrected chi connectivity index (χ0v) is 13.7. The lowest BCUT2D eigenvalue weighted by Crippen LogP contribution is -2.34. The minimum Gasteiger partial charge on any atom is -0.508 e. The molecule has 1 rings (SSSR count). The van der Waals surface area contributed by atoms with E-state index in [0.29, 0.717) is 0 Å². The molecule has 0 aliphatic rings. The van der Waals surface area contributed by atoms with Crippen LogP contribution in [0.4, 0.5) is 10.5 Å². The minimum atomic E-state index is -1.54. The Labute approximate surface area is 139 Å². The molecule has 1 amide bonds. The van der Waals surface area contributed by atoms with E-state index in [9.17, 15) is 30.2 Å². The van der Waals surface area contributed by atoms with Crippen LogP contribution in [0.2, 0.25) is 0 Å². The van der Waals surface area contributed by atoms with Crippen molar-refractivity contribution in [1.29, 1.82) is 0 Å². The van der Waals surface area contributed by atoms with Crippen molar-refractivity contribution in [3.8, 4) is 5.75 Å². The molecule has 1 aromatic carbocycles. The first-order valence-electron chi connectivity index (χ1n) is 7.31. The molecule has 134 valence electrons. The number of aromatic hydroxyl groups is 1. The van der Waals surface area contributed by atoms with Gasteiger partial charge in [0.2, 0.25) is 0 Å². The average molecular weight is 342 g/mol. The second kappa shape index (κ2) is 7.93. The van der Waals surface area contributed by atoms with Gasteiger partial charge in [-0.15, -0.1) is 0 Å². The predicted molar refractivity (Wildman–Crippen MR) is 84.6 cm³/mol. The van der Waals surface area contributed by atoms with E-state index in [1.807, 2.05) is 0 Å². The Hall–Kier alpha value is -2.39. The average Bonchev–Trinajstić information content (AvgIpc) is 2.44. The molecule has 0 saturated heterocycles. The molecule has 0 aromatic heterocycles. The highest BCUT2D eigenvalue weighted by Crippen LogP contribution is 2.30. The minimum absolute atomic E-state index is 0.0167. The SMILES string of the molecule is CC(C)(C)OC(=O)NCCC(O)C(O)c1cc([N+](=O)[O-])ccc1O. The standard InChI is InChI=1S/C15H22N2O7/c1-15(2,3)24-14(21)16-7-6-12(19)13(20)10-8-9(17(22)23)4-5-11(10)18/h4-5,8,12-13,18-20H,6-7H2,1-3H3,(H,16,21). The van der Waals surface area contributed by atoms with Crippen molar-refractivity contribution in [2.24, 2.45) is 0 Å². The summed E-state index contributed by atoms with van der Waals surface area (Å²) in [5.41, 5.74) is -1.13. The summed E-state index contributed by atoms with van der Waals surface area (Å²) in [5, 5.41) is 42.8. The zero-order valence-electron chi connectivity index (χ0n) is 13.7. The Balaban J connectivity index is 2.62. The van der Waals surface area contributed by atoms with Gasteiger partial charge in [0.1, 0.15) is 17.5 Å². The lowest BCUT2D eigenvalue weighted by Gasteiger charge is -2.21. The van der Waals surface area contributed by atoms with Gasteiger partial charge in [0.25, 0.3) is 5.69 Å². The lowest BCUT2D eigenvalue weighted by molar-refractivity contribution is -0.385. The third-order valence-corrected chi connectivity index (χ3v) is 3.01. The van der Waals surface area contributed by atoms with Crippen LogP contribution in [0.1, 0.15) is 38.9 Å². The van der Waals surface area contributed by atoms with Gasteiger partial charge in [-0.1, -0.05) is 0 Å². The van der Waals surface area contributed by atoms with Gasteiger partial charge in [-0.3, -0.25) is 10.1 Å². The van der Waals surface area contributed by atoms with Crippen LogP contribution in [0, 0.1) is 10.1 Å². The largest absolute Gasteiger partial charge is 0.508 e. The lowest BCUT2D eigenvalue weighted by atomic mass is 10.0. The normalized spacial score (nSPS) is 13.9. The molecule has 0 bridgehead atoms. The monoisotopic (exact) mass is 342 g/mol. The summed E-state index contributed by atoms with van der Waals surface area (Å²) >= 11 is 0. The quantitative estimate of drug-likeness (QED) is 0.454. The van der Waals surface area contributed by atoms with E-state index in [1.165, 1.54) is 0 Å². The molecule has 24 heavy (non-hydrogen) atoms. The molecule has 2 unspecified atom stereocenters. The third-order valence-electron chi connectivity index (χ3n) is 3.01. The van der Waals surface area contributed by atoms with Crippen molar-refractivity contribution < 1.29 is 29.8 Å². The second-order valence-corrected chi connectivity index (χ2v) is 6.23. The molecule has 0 spiro atoms. The summed E-state index contributed by atoms with van der Waals surface area (Å²) in [4.78, 5) is 21.5. The number of nitrogens with zero attached hydrogens (tertiary/aromatic N) is 1. The van der Waals surface area contributed by atoms with Gasteiger partial charge in [-0.05, 0) is 33.3 Å². The fourth-order valence-electron chi connectivity index (χ4n) is 1.89. The van der Waals surface area contributed by atoms with Crippen molar-refractivity contribution in [3.63, 3.8) is 0 Å². The molecule has 0 heterocycles. The Morgan fingerprint density at radius 1 is 1.38 bits per heavy atom. The number of amides is 1. The maximum Gasteiger partial charge on any atom is 0.407 e. The van der Waals surface area contributed by atoms with Crippen LogP contribution in [0.25, 0.3) is 0 Å². The summed E-state index contributed by atoms with van der Waals surface area (Å²) in [7, 11) is 0. The van der Waals surface area contributed by atoms with Gasteiger partial charge < -0.3 is 25.4 Å². The Morgan fingerprint density at radius 2 is 2.00 bits per heavy atom. The molecule has 0 fully saturated rings. The number of nitrogens with one attached hydrogen (secondary N) is 1. The number of nitro groups is 1. The number of carbonyl (C=O) groups excluding carboxylic acids is 1. The van der Waals surface area contributed by atoms with Crippen LogP contribution < -0.4 is 5.32 Å². The fraction of sp³-hybridized carbons (Fsp3) is 0.533. The number of alkyl carbamates (subject to hydrolysis) is 1. The number of nitro benzene ring substituents is 1. The number of hydrogen-bond donors (Lipinski definition) is 4. The number of phenols is 1. The molecular weight excluding hydrogens is 320 g/mol. The van der Waals surface area contributed by atoms with Crippen LogP contribution in [-0.2, 0) is 4.74 Å². The number of non-ortho nitro benzene ring substituents is 1. The summed E-state index contributed by atoms with van der Waals surface area (Å²) in [6.45, 7) is 5.13. The first kappa shape index (κ1) is 19.7. The third kappa shape index (κ3) is 6.01. The van der Waals surface area contributed by atoms with E-state index in [1.54, 1.807) is 20.8 Å². The second-order valence-electron chi connectivity index (χ2n) is 6.23. The van der Waals surface area contributed by atoms with E-state index >= 15 is 0 Å². The summed E-state index contributed by atoms with van der Waals surface area (Å²) in [6, 6.07) is 3.15. The predicted octanol–water partition coefficient (Wildman–Crippen LogP) is 1.61. The van der Waals surface area contributed by atoms with Crippen molar-refractivity contribution in [2.45, 2.75) is 45.0 Å². The molecular formula is C15H22N2O7. The van der Waals surface area contributed by atoms with Crippen LogP contribution in [0.3, 0.4) is 0 Å². The first-order chi connectivity index (χ1) is 11.0. The maximum absolute atomic E-state index is 11.5. The number of aliphatic hydroxyl groups excluding tert-OH is 2. The van der Waals surface area contributed by atoms with Gasteiger partial charge in [-0.2, -0.15) is 0 Å². The molecule has 0 aliphatic carbocycles. The molecule has 2 atom stereocenters. The van der Waals surface area contributed by atoms with E-state index in [4.69, 9.17) is 4.74 Å². The van der Waals surface area contributed by atoms with Crippen molar-refractivity contribution in [2.75, 3.05) is 6.54 Å². The molecule has 0 aliphatic heterocycles. The van der Waals surface area contributed by atoms with Crippen LogP contribution in [-0.4, -0.2) is 44.6 Å². The van der Waals surface area contributed by atoms with E-state index in [-0.39, 0.29) is 30.0 Å². The highest BCUT2D eigenvalue weighted by molar-refractivity contribution is 5.67. The highest BCUT2D eigenvalue weighted by Gasteiger charge is 2.24. The van der Waals surface area contributed by atoms with Crippen LogP contribution >= 0.6 is 0 Å². The molecule has 0 saturated carbocycles. The molecule has 9 nitrogen and oxygen atoms in total. The summed E-state index contributed by atoms with van der Waals surface area (Å²) in [5.74, 6) is -0.368. The van der Waals surface area contributed by atoms with Gasteiger partial charge in [0, 0.05) is 24.2 Å². The number of benzene rings is 1. The van der Waals surface area contributed by atoms with Crippen LogP contribution in [0.5, 0.6) is 5.75 Å². The topological polar surface area (TPSA) is 142 Å². The van der Waals surface area contributed by atoms with Crippen molar-refractivity contribution >= 4 is 11.8 Å². The Kier molecular flexibility index (Phi) is 6.50. The van der Waals surface area contributed by atoms with Gasteiger partial charge in [0.05, 0.1) is 11.0 Å². The highest BCUT2D eigenvalue weighted by atomic mass is 16.6. The Morgan fingerprint density at radius 3 is 2.54 bits per heavy atom.